The van der Waals surface area contributed by atoms with E-state index in [2.05, 4.69) is 20.8 Å². The van der Waals surface area contributed by atoms with Crippen LogP contribution in [0, 0.1) is 5.92 Å². The number of aliphatic hydroxyl groups excluding tert-OH is 1. The van der Waals surface area contributed by atoms with E-state index < -0.39 is 0 Å². The van der Waals surface area contributed by atoms with Crippen molar-refractivity contribution in [1.29, 1.82) is 0 Å². The predicted octanol–water partition coefficient (Wildman–Crippen LogP) is 10.7. The molecule has 3 nitrogen and oxygen atoms in total. The first-order valence-electron chi connectivity index (χ1n) is 16.5. The largest absolute Gasteiger partial charge is 0.466 e. The van der Waals surface area contributed by atoms with Crippen LogP contribution in [0.25, 0.3) is 0 Å². The van der Waals surface area contributed by atoms with Crippen molar-refractivity contribution >= 4 is 5.97 Å². The van der Waals surface area contributed by atoms with Gasteiger partial charge in [0, 0.05) is 6.42 Å². The highest BCUT2D eigenvalue weighted by atomic mass is 16.5. The molecule has 0 aliphatic heterocycles. The van der Waals surface area contributed by atoms with E-state index >= 15 is 0 Å². The summed E-state index contributed by atoms with van der Waals surface area (Å²) in [4.78, 5) is 12.3. The topological polar surface area (TPSA) is 46.5 Å². The molecule has 0 aromatic heterocycles. The van der Waals surface area contributed by atoms with Crippen LogP contribution in [0.1, 0.15) is 188 Å². The minimum Gasteiger partial charge on any atom is -0.466 e. The Morgan fingerprint density at radius 2 is 0.972 bits per heavy atom. The number of aliphatic hydroxyl groups is 1. The van der Waals surface area contributed by atoms with Gasteiger partial charge in [0.05, 0.1) is 12.7 Å². The van der Waals surface area contributed by atoms with E-state index in [0.29, 0.717) is 18.9 Å². The molecule has 0 saturated carbocycles. The summed E-state index contributed by atoms with van der Waals surface area (Å²) in [6.45, 7) is 7.35. The molecule has 2 unspecified atom stereocenters. The number of carbonyl (C=O) groups is 1. The van der Waals surface area contributed by atoms with Gasteiger partial charge in [-0.1, -0.05) is 156 Å². The summed E-state index contributed by atoms with van der Waals surface area (Å²) in [5.41, 5.74) is 0. The standard InChI is InChI=1S/C33H66O3/c1-4-7-10-13-15-16-17-18-21-24-29-36-33(35)28-27-31(25-22-20-14-11-8-5-2)30-32(34)26-23-19-12-9-6-3/h31-32,34H,4-30H2,1-3H3. The van der Waals surface area contributed by atoms with Crippen molar-refractivity contribution in [2.24, 2.45) is 5.92 Å². The Kier molecular flexibility index (Phi) is 28.5. The minimum atomic E-state index is -0.209. The lowest BCUT2D eigenvalue weighted by molar-refractivity contribution is -0.144. The molecule has 2 atom stereocenters. The molecule has 0 saturated heterocycles. The van der Waals surface area contributed by atoms with E-state index in [1.807, 2.05) is 0 Å². The van der Waals surface area contributed by atoms with Crippen LogP contribution >= 0.6 is 0 Å². The third kappa shape index (κ3) is 26.5. The molecular weight excluding hydrogens is 444 g/mol. The lowest BCUT2D eigenvalue weighted by Crippen LogP contribution is -2.16. The maximum atomic E-state index is 12.3. The third-order valence-corrected chi connectivity index (χ3v) is 7.73. The van der Waals surface area contributed by atoms with Gasteiger partial charge in [0.1, 0.15) is 0 Å². The molecule has 216 valence electrons. The van der Waals surface area contributed by atoms with Crippen LogP contribution in [0.15, 0.2) is 0 Å². The lowest BCUT2D eigenvalue weighted by atomic mass is 9.89. The summed E-state index contributed by atoms with van der Waals surface area (Å²) in [7, 11) is 0. The van der Waals surface area contributed by atoms with Gasteiger partial charge >= 0.3 is 5.97 Å². The molecule has 0 heterocycles. The lowest BCUT2D eigenvalue weighted by Gasteiger charge is -2.20. The van der Waals surface area contributed by atoms with Crippen molar-refractivity contribution in [2.45, 2.75) is 194 Å². The van der Waals surface area contributed by atoms with Crippen molar-refractivity contribution < 1.29 is 14.6 Å². The Balaban J connectivity index is 4.03. The smallest absolute Gasteiger partial charge is 0.305 e. The van der Waals surface area contributed by atoms with Gasteiger partial charge in [-0.3, -0.25) is 4.79 Å². The summed E-state index contributed by atoms with van der Waals surface area (Å²) >= 11 is 0. The number of rotatable bonds is 29. The molecule has 0 spiro atoms. The Bertz CT molecular complexity index is 437. The zero-order valence-electron chi connectivity index (χ0n) is 25.0. The normalized spacial score (nSPS) is 13.1. The number of esters is 1. The number of hydrogen-bond acceptors (Lipinski definition) is 3. The van der Waals surface area contributed by atoms with Crippen molar-refractivity contribution in [2.75, 3.05) is 6.61 Å². The van der Waals surface area contributed by atoms with Gasteiger partial charge in [-0.15, -0.1) is 0 Å². The van der Waals surface area contributed by atoms with Crippen molar-refractivity contribution in [3.63, 3.8) is 0 Å². The molecule has 0 aliphatic rings. The summed E-state index contributed by atoms with van der Waals surface area (Å²) in [6.07, 6.45) is 31.1. The van der Waals surface area contributed by atoms with Gasteiger partial charge in [-0.2, -0.15) is 0 Å². The second-order valence-corrected chi connectivity index (χ2v) is 11.5. The van der Waals surface area contributed by atoms with E-state index in [0.717, 1.165) is 38.5 Å². The molecular formula is C33H66O3. The average molecular weight is 511 g/mol. The summed E-state index contributed by atoms with van der Waals surface area (Å²) in [5, 5.41) is 10.6. The maximum absolute atomic E-state index is 12.3. The summed E-state index contributed by atoms with van der Waals surface area (Å²) < 4.78 is 5.54. The fourth-order valence-electron chi connectivity index (χ4n) is 5.25. The highest BCUT2D eigenvalue weighted by molar-refractivity contribution is 5.69. The Morgan fingerprint density at radius 3 is 1.47 bits per heavy atom. The molecule has 0 bridgehead atoms. The first-order valence-corrected chi connectivity index (χ1v) is 16.5. The summed E-state index contributed by atoms with van der Waals surface area (Å²) in [6, 6.07) is 0. The molecule has 0 fully saturated rings. The predicted molar refractivity (Wildman–Crippen MR) is 158 cm³/mol. The number of ether oxygens (including phenoxy) is 1. The number of carbonyl (C=O) groups excluding carboxylic acids is 1. The van der Waals surface area contributed by atoms with Crippen molar-refractivity contribution in [1.82, 2.24) is 0 Å². The summed E-state index contributed by atoms with van der Waals surface area (Å²) in [5.74, 6) is 0.416. The average Bonchev–Trinajstić information content (AvgIpc) is 2.87. The van der Waals surface area contributed by atoms with Gasteiger partial charge in [0.15, 0.2) is 0 Å². The van der Waals surface area contributed by atoms with E-state index in [4.69, 9.17) is 4.74 Å². The van der Waals surface area contributed by atoms with E-state index in [1.165, 1.54) is 122 Å². The van der Waals surface area contributed by atoms with Gasteiger partial charge in [0.2, 0.25) is 0 Å². The SMILES string of the molecule is CCCCCCCCCCCCOC(=O)CCC(CCCCCCCC)CC(O)CCCCCCC. The molecule has 3 heteroatoms. The Labute approximate surface area is 226 Å². The molecule has 0 aromatic carbocycles. The van der Waals surface area contributed by atoms with Crippen LogP contribution < -0.4 is 0 Å². The molecule has 0 rings (SSSR count). The van der Waals surface area contributed by atoms with Gasteiger partial charge in [0.25, 0.3) is 0 Å². The molecule has 0 aromatic rings. The second kappa shape index (κ2) is 29.0. The van der Waals surface area contributed by atoms with Crippen LogP contribution in [0.5, 0.6) is 0 Å². The first-order chi connectivity index (χ1) is 17.6. The van der Waals surface area contributed by atoms with E-state index in [-0.39, 0.29) is 12.1 Å². The van der Waals surface area contributed by atoms with Gasteiger partial charge in [-0.05, 0) is 31.6 Å². The van der Waals surface area contributed by atoms with Crippen molar-refractivity contribution in [3.05, 3.63) is 0 Å². The fraction of sp³-hybridized carbons (Fsp3) is 0.970. The molecule has 0 amide bonds. The van der Waals surface area contributed by atoms with E-state index in [1.54, 1.807) is 0 Å². The molecule has 36 heavy (non-hydrogen) atoms. The van der Waals surface area contributed by atoms with Crippen LogP contribution in [-0.4, -0.2) is 23.8 Å². The quantitative estimate of drug-likeness (QED) is 0.0803. The zero-order chi connectivity index (χ0) is 26.5. The monoisotopic (exact) mass is 511 g/mol. The highest BCUT2D eigenvalue weighted by Crippen LogP contribution is 2.24. The van der Waals surface area contributed by atoms with E-state index in [9.17, 15) is 9.90 Å². The second-order valence-electron chi connectivity index (χ2n) is 11.5. The first kappa shape index (κ1) is 35.4. The molecule has 1 N–H and O–H groups in total. The zero-order valence-corrected chi connectivity index (χ0v) is 25.0. The number of unbranched alkanes of at least 4 members (excludes halogenated alkanes) is 18. The van der Waals surface area contributed by atoms with Crippen LogP contribution in [0.2, 0.25) is 0 Å². The molecule has 0 aliphatic carbocycles. The van der Waals surface area contributed by atoms with Gasteiger partial charge in [-0.25, -0.2) is 0 Å². The van der Waals surface area contributed by atoms with Crippen molar-refractivity contribution in [3.8, 4) is 0 Å². The van der Waals surface area contributed by atoms with Gasteiger partial charge < -0.3 is 9.84 Å². The third-order valence-electron chi connectivity index (χ3n) is 7.73. The minimum absolute atomic E-state index is 0.0343. The van der Waals surface area contributed by atoms with Crippen LogP contribution in [-0.2, 0) is 9.53 Å². The highest BCUT2D eigenvalue weighted by Gasteiger charge is 2.16. The Morgan fingerprint density at radius 1 is 0.556 bits per heavy atom. The maximum Gasteiger partial charge on any atom is 0.305 e. The fourth-order valence-corrected chi connectivity index (χ4v) is 5.25. The van der Waals surface area contributed by atoms with Crippen LogP contribution in [0.3, 0.4) is 0 Å². The van der Waals surface area contributed by atoms with Crippen LogP contribution in [0.4, 0.5) is 0 Å². The number of hydrogen-bond donors (Lipinski definition) is 1. The molecule has 0 radical (unpaired) electrons. The Hall–Kier alpha value is -0.570.